The van der Waals surface area contributed by atoms with Crippen LogP contribution in [-0.4, -0.2) is 10.9 Å². The Morgan fingerprint density at radius 1 is 1.11 bits per heavy atom. The number of fused-ring (bicyclic) bond motifs is 1. The lowest BCUT2D eigenvalue weighted by atomic mass is 10.1. The molecule has 0 unspecified atom stereocenters. The predicted molar refractivity (Wildman–Crippen MR) is 104 cm³/mol. The van der Waals surface area contributed by atoms with Crippen LogP contribution in [0.15, 0.2) is 65.1 Å². The van der Waals surface area contributed by atoms with Gasteiger partial charge in [-0.05, 0) is 48.9 Å². The van der Waals surface area contributed by atoms with Gasteiger partial charge < -0.3 is 9.73 Å². The molecule has 4 rings (SSSR count). The summed E-state index contributed by atoms with van der Waals surface area (Å²) in [5, 5.41) is 3.01. The van der Waals surface area contributed by atoms with E-state index in [4.69, 9.17) is 16.0 Å². The molecule has 0 spiro atoms. The summed E-state index contributed by atoms with van der Waals surface area (Å²) in [7, 11) is 0. The van der Waals surface area contributed by atoms with Crippen LogP contribution in [-0.2, 0) is 0 Å². The normalized spacial score (nSPS) is 10.9. The number of hydrogen-bond donors (Lipinski definition) is 1. The first kappa shape index (κ1) is 17.2. The fourth-order valence-electron chi connectivity index (χ4n) is 2.81. The van der Waals surface area contributed by atoms with Crippen LogP contribution in [0, 0.1) is 12.7 Å². The summed E-state index contributed by atoms with van der Waals surface area (Å²) in [6.07, 6.45) is 0. The first-order chi connectivity index (χ1) is 13.0. The molecule has 0 bridgehead atoms. The number of carbonyl (C=O) groups is 1. The van der Waals surface area contributed by atoms with Gasteiger partial charge in [0.2, 0.25) is 5.89 Å². The number of aryl methyl sites for hydroxylation is 1. The number of anilines is 1. The molecule has 0 atom stereocenters. The van der Waals surface area contributed by atoms with Gasteiger partial charge in [0.05, 0.1) is 16.1 Å². The van der Waals surface area contributed by atoms with Crippen molar-refractivity contribution in [2.45, 2.75) is 6.92 Å². The molecule has 27 heavy (non-hydrogen) atoms. The van der Waals surface area contributed by atoms with Crippen LogP contribution < -0.4 is 5.32 Å². The van der Waals surface area contributed by atoms with Crippen molar-refractivity contribution in [1.82, 2.24) is 4.98 Å². The molecule has 1 N–H and O–H groups in total. The molecular weight excluding hydrogens is 367 g/mol. The highest BCUT2D eigenvalue weighted by molar-refractivity contribution is 6.33. The van der Waals surface area contributed by atoms with Crippen LogP contribution in [0.3, 0.4) is 0 Å². The number of nitrogens with one attached hydrogen (secondary N) is 1. The summed E-state index contributed by atoms with van der Waals surface area (Å²) >= 11 is 6.37. The Balaban J connectivity index is 1.63. The van der Waals surface area contributed by atoms with E-state index in [0.717, 1.165) is 11.1 Å². The third-order valence-electron chi connectivity index (χ3n) is 4.20. The van der Waals surface area contributed by atoms with Gasteiger partial charge in [-0.3, -0.25) is 4.79 Å². The average Bonchev–Trinajstić information content (AvgIpc) is 3.07. The number of hydrogen-bond acceptors (Lipinski definition) is 3. The van der Waals surface area contributed by atoms with Gasteiger partial charge in [-0.15, -0.1) is 0 Å². The third kappa shape index (κ3) is 3.29. The molecule has 0 saturated carbocycles. The molecule has 1 heterocycles. The smallest absolute Gasteiger partial charge is 0.258 e. The van der Waals surface area contributed by atoms with Crippen molar-refractivity contribution in [2.24, 2.45) is 0 Å². The minimum atomic E-state index is -0.584. The third-order valence-corrected chi connectivity index (χ3v) is 4.51. The molecule has 0 aliphatic carbocycles. The molecule has 1 aromatic heterocycles. The fraction of sp³-hybridized carbons (Fsp3) is 0.0476. The van der Waals surface area contributed by atoms with Gasteiger partial charge in [0.25, 0.3) is 5.91 Å². The Hall–Kier alpha value is -3.18. The standard InChI is InChI=1S/C21H14ClFN2O2/c1-12-5-4-8-18-19(12)25-21(27-18)14-10-9-13(11-16(14)22)24-20(26)15-6-2-3-7-17(15)23/h2-11H,1H3,(H,24,26). The number of para-hydroxylation sites is 1. The zero-order chi connectivity index (χ0) is 19.0. The van der Waals surface area contributed by atoms with Gasteiger partial charge in [-0.1, -0.05) is 35.9 Å². The van der Waals surface area contributed by atoms with Gasteiger partial charge >= 0.3 is 0 Å². The Labute approximate surface area is 159 Å². The Morgan fingerprint density at radius 3 is 2.67 bits per heavy atom. The van der Waals surface area contributed by atoms with Crippen LogP contribution in [0.5, 0.6) is 0 Å². The van der Waals surface area contributed by atoms with Crippen molar-refractivity contribution in [2.75, 3.05) is 5.32 Å². The highest BCUT2D eigenvalue weighted by atomic mass is 35.5. The lowest BCUT2D eigenvalue weighted by Crippen LogP contribution is -2.13. The van der Waals surface area contributed by atoms with E-state index in [9.17, 15) is 9.18 Å². The number of rotatable bonds is 3. The minimum Gasteiger partial charge on any atom is -0.436 e. The minimum absolute atomic E-state index is 0.0351. The zero-order valence-electron chi connectivity index (χ0n) is 14.3. The Morgan fingerprint density at radius 2 is 1.93 bits per heavy atom. The van der Waals surface area contributed by atoms with Crippen molar-refractivity contribution in [3.05, 3.63) is 82.6 Å². The zero-order valence-corrected chi connectivity index (χ0v) is 15.0. The molecular formula is C21H14ClFN2O2. The lowest BCUT2D eigenvalue weighted by molar-refractivity contribution is 0.102. The van der Waals surface area contributed by atoms with Crippen LogP contribution >= 0.6 is 11.6 Å². The molecule has 4 aromatic rings. The topological polar surface area (TPSA) is 55.1 Å². The molecule has 0 fully saturated rings. The van der Waals surface area contributed by atoms with E-state index in [-0.39, 0.29) is 5.56 Å². The highest BCUT2D eigenvalue weighted by Crippen LogP contribution is 2.32. The number of nitrogens with zero attached hydrogens (tertiary/aromatic N) is 1. The molecule has 3 aromatic carbocycles. The maximum absolute atomic E-state index is 13.7. The Bertz CT molecular complexity index is 1170. The molecule has 0 aliphatic rings. The number of aromatic nitrogens is 1. The molecule has 0 saturated heterocycles. The summed E-state index contributed by atoms with van der Waals surface area (Å²) in [5.41, 5.74) is 3.48. The van der Waals surface area contributed by atoms with Crippen LogP contribution in [0.2, 0.25) is 5.02 Å². The van der Waals surface area contributed by atoms with E-state index in [2.05, 4.69) is 10.3 Å². The number of oxazole rings is 1. The van der Waals surface area contributed by atoms with Crippen LogP contribution in [0.25, 0.3) is 22.6 Å². The molecule has 1 amide bonds. The maximum atomic E-state index is 13.7. The summed E-state index contributed by atoms with van der Waals surface area (Å²) in [6.45, 7) is 1.96. The van der Waals surface area contributed by atoms with Gasteiger partial charge in [0.15, 0.2) is 5.58 Å². The van der Waals surface area contributed by atoms with Crippen molar-refractivity contribution >= 4 is 34.3 Å². The Kier molecular flexibility index (Phi) is 4.38. The molecule has 6 heteroatoms. The summed E-state index contributed by atoms with van der Waals surface area (Å²) in [6, 6.07) is 16.4. The van der Waals surface area contributed by atoms with Crippen molar-refractivity contribution in [3.8, 4) is 11.5 Å². The monoisotopic (exact) mass is 380 g/mol. The number of halogens is 2. The van der Waals surface area contributed by atoms with E-state index >= 15 is 0 Å². The first-order valence-electron chi connectivity index (χ1n) is 8.25. The van der Waals surface area contributed by atoms with E-state index in [1.165, 1.54) is 18.2 Å². The van der Waals surface area contributed by atoms with Crippen LogP contribution in [0.1, 0.15) is 15.9 Å². The van der Waals surface area contributed by atoms with Crippen molar-refractivity contribution in [3.63, 3.8) is 0 Å². The molecule has 0 radical (unpaired) electrons. The molecule has 0 aliphatic heterocycles. The summed E-state index contributed by atoms with van der Waals surface area (Å²) in [4.78, 5) is 16.7. The highest BCUT2D eigenvalue weighted by Gasteiger charge is 2.15. The molecule has 134 valence electrons. The van der Waals surface area contributed by atoms with E-state index < -0.39 is 11.7 Å². The molecule has 4 nitrogen and oxygen atoms in total. The second-order valence-corrected chi connectivity index (χ2v) is 6.48. The second kappa shape index (κ2) is 6.85. The quantitative estimate of drug-likeness (QED) is 0.485. The number of benzene rings is 3. The van der Waals surface area contributed by atoms with E-state index in [1.54, 1.807) is 24.3 Å². The predicted octanol–water partition coefficient (Wildman–Crippen LogP) is 5.85. The van der Waals surface area contributed by atoms with Gasteiger partial charge in [-0.2, -0.15) is 0 Å². The van der Waals surface area contributed by atoms with Crippen LogP contribution in [0.4, 0.5) is 10.1 Å². The van der Waals surface area contributed by atoms with E-state index in [1.807, 2.05) is 25.1 Å². The summed E-state index contributed by atoms with van der Waals surface area (Å²) in [5.74, 6) is -0.731. The average molecular weight is 381 g/mol. The largest absolute Gasteiger partial charge is 0.436 e. The SMILES string of the molecule is Cc1cccc2oc(-c3ccc(NC(=O)c4ccccc4F)cc3Cl)nc12. The van der Waals surface area contributed by atoms with Gasteiger partial charge in [0.1, 0.15) is 11.3 Å². The fourth-order valence-corrected chi connectivity index (χ4v) is 3.07. The summed E-state index contributed by atoms with van der Waals surface area (Å²) < 4.78 is 19.5. The van der Waals surface area contributed by atoms with E-state index in [0.29, 0.717) is 27.7 Å². The van der Waals surface area contributed by atoms with Crippen molar-refractivity contribution in [1.29, 1.82) is 0 Å². The maximum Gasteiger partial charge on any atom is 0.258 e. The van der Waals surface area contributed by atoms with Crippen molar-refractivity contribution < 1.29 is 13.6 Å². The first-order valence-corrected chi connectivity index (χ1v) is 8.62. The lowest BCUT2D eigenvalue weighted by Gasteiger charge is -2.08. The second-order valence-electron chi connectivity index (χ2n) is 6.07. The van der Waals surface area contributed by atoms with Gasteiger partial charge in [0, 0.05) is 5.69 Å². The number of carbonyl (C=O) groups excluding carboxylic acids is 1. The number of amides is 1. The van der Waals surface area contributed by atoms with Gasteiger partial charge in [-0.25, -0.2) is 9.37 Å².